The van der Waals surface area contributed by atoms with Crippen molar-refractivity contribution >= 4 is 23.9 Å². The largest absolute Gasteiger partial charge is 0.465 e. The number of aromatic nitrogens is 1. The predicted molar refractivity (Wildman–Crippen MR) is 81.2 cm³/mol. The Morgan fingerprint density at radius 3 is 2.70 bits per heavy atom. The lowest BCUT2D eigenvalue weighted by molar-refractivity contribution is -0.120. The number of rotatable bonds is 6. The molecule has 0 bridgehead atoms. The monoisotopic (exact) mass is 317 g/mol. The third-order valence-electron chi connectivity index (χ3n) is 2.70. The molecule has 2 rings (SSSR count). The molecule has 0 saturated heterocycles. The summed E-state index contributed by atoms with van der Waals surface area (Å²) in [6.07, 6.45) is 1.43. The summed E-state index contributed by atoms with van der Waals surface area (Å²) in [7, 11) is 1.32. The maximum atomic E-state index is 11.5. The summed E-state index contributed by atoms with van der Waals surface area (Å²) in [4.78, 5) is 27.7. The number of carbonyl (C=O) groups is 2. The fourth-order valence-electron chi connectivity index (χ4n) is 1.62. The lowest BCUT2D eigenvalue weighted by atomic mass is 10.1. The van der Waals surface area contributed by atoms with Crippen molar-refractivity contribution in [2.24, 2.45) is 5.16 Å². The Labute approximate surface area is 132 Å². The molecule has 0 saturated carbocycles. The first-order valence-corrected chi connectivity index (χ1v) is 6.65. The molecule has 0 unspecified atom stereocenters. The highest BCUT2D eigenvalue weighted by molar-refractivity contribution is 5.91. The van der Waals surface area contributed by atoms with Crippen LogP contribution in [0.5, 0.6) is 0 Å². The maximum absolute atomic E-state index is 11.5. The van der Waals surface area contributed by atoms with E-state index in [1.165, 1.54) is 13.3 Å². The highest BCUT2D eigenvalue weighted by atomic mass is 16.6. The van der Waals surface area contributed by atoms with Crippen molar-refractivity contribution in [1.29, 1.82) is 0 Å². The van der Waals surface area contributed by atoms with Crippen LogP contribution in [0, 0.1) is 6.92 Å². The van der Waals surface area contributed by atoms with Crippen LogP contribution >= 0.6 is 0 Å². The maximum Gasteiger partial charge on any atom is 0.337 e. The van der Waals surface area contributed by atoms with E-state index >= 15 is 0 Å². The highest BCUT2D eigenvalue weighted by Gasteiger charge is 2.06. The third-order valence-corrected chi connectivity index (χ3v) is 2.70. The van der Waals surface area contributed by atoms with Gasteiger partial charge in [-0.15, -0.1) is 0 Å². The zero-order valence-corrected chi connectivity index (χ0v) is 12.6. The molecule has 0 spiro atoms. The van der Waals surface area contributed by atoms with Crippen LogP contribution in [0.2, 0.25) is 0 Å². The molecule has 2 aromatic rings. The number of amides is 1. The van der Waals surface area contributed by atoms with Gasteiger partial charge >= 0.3 is 5.97 Å². The number of carbonyl (C=O) groups excluding carboxylic acids is 2. The molecule has 1 heterocycles. The zero-order chi connectivity index (χ0) is 16.7. The number of anilines is 1. The van der Waals surface area contributed by atoms with E-state index in [1.54, 1.807) is 37.3 Å². The number of methoxy groups -OCH3 is 1. The van der Waals surface area contributed by atoms with Gasteiger partial charge in [-0.25, -0.2) is 4.79 Å². The van der Waals surface area contributed by atoms with Crippen molar-refractivity contribution in [1.82, 2.24) is 5.16 Å². The van der Waals surface area contributed by atoms with Gasteiger partial charge in [0.15, 0.2) is 12.4 Å². The number of nitrogens with one attached hydrogen (secondary N) is 1. The summed E-state index contributed by atoms with van der Waals surface area (Å²) < 4.78 is 9.41. The van der Waals surface area contributed by atoms with Crippen LogP contribution in [0.15, 0.2) is 40.0 Å². The SMILES string of the molecule is COC(=O)c1ccc(C=NOCC(=O)Nc2cc(C)on2)cc1. The van der Waals surface area contributed by atoms with E-state index in [9.17, 15) is 9.59 Å². The first kappa shape index (κ1) is 16.2. The number of esters is 1. The van der Waals surface area contributed by atoms with Crippen molar-refractivity contribution < 1.29 is 23.7 Å². The molecule has 23 heavy (non-hydrogen) atoms. The van der Waals surface area contributed by atoms with Gasteiger partial charge in [-0.1, -0.05) is 22.4 Å². The minimum atomic E-state index is -0.412. The fourth-order valence-corrected chi connectivity index (χ4v) is 1.62. The van der Waals surface area contributed by atoms with Crippen LogP contribution in [0.3, 0.4) is 0 Å². The number of hydrogen-bond donors (Lipinski definition) is 1. The molecule has 8 heteroatoms. The Morgan fingerprint density at radius 1 is 1.35 bits per heavy atom. The summed E-state index contributed by atoms with van der Waals surface area (Å²) in [6, 6.07) is 8.15. The molecule has 1 N–H and O–H groups in total. The van der Waals surface area contributed by atoms with Crippen LogP contribution in [0.4, 0.5) is 5.82 Å². The number of benzene rings is 1. The Morgan fingerprint density at radius 2 is 2.09 bits per heavy atom. The molecule has 0 aliphatic rings. The van der Waals surface area contributed by atoms with Crippen LogP contribution < -0.4 is 5.32 Å². The second-order valence-electron chi connectivity index (χ2n) is 4.49. The summed E-state index contributed by atoms with van der Waals surface area (Å²) in [6.45, 7) is 1.46. The van der Waals surface area contributed by atoms with Gasteiger partial charge in [-0.2, -0.15) is 0 Å². The lowest BCUT2D eigenvalue weighted by Gasteiger charge is -2.00. The number of aryl methyl sites for hydroxylation is 1. The van der Waals surface area contributed by atoms with Gasteiger partial charge < -0.3 is 19.4 Å². The van der Waals surface area contributed by atoms with Crippen LogP contribution in [-0.4, -0.2) is 37.0 Å². The molecule has 8 nitrogen and oxygen atoms in total. The Balaban J connectivity index is 1.78. The number of nitrogens with zero attached hydrogens (tertiary/aromatic N) is 2. The molecule has 1 amide bonds. The van der Waals surface area contributed by atoms with E-state index in [2.05, 4.69) is 20.4 Å². The molecule has 0 aliphatic heterocycles. The first-order chi connectivity index (χ1) is 11.1. The molecule has 0 atom stereocenters. The standard InChI is InChI=1S/C15H15N3O5/c1-10-7-13(18-23-10)17-14(19)9-22-16-8-11-3-5-12(6-4-11)15(20)21-2/h3-8H,9H2,1-2H3,(H,17,18,19). The van der Waals surface area contributed by atoms with Gasteiger partial charge in [-0.05, 0) is 24.6 Å². The van der Waals surface area contributed by atoms with Crippen molar-refractivity contribution in [3.63, 3.8) is 0 Å². The van der Waals surface area contributed by atoms with Crippen LogP contribution in [0.25, 0.3) is 0 Å². The Kier molecular flexibility index (Phi) is 5.45. The normalized spacial score (nSPS) is 10.5. The van der Waals surface area contributed by atoms with Crippen molar-refractivity contribution in [2.45, 2.75) is 6.92 Å². The molecular weight excluding hydrogens is 302 g/mol. The van der Waals surface area contributed by atoms with Gasteiger partial charge in [0.25, 0.3) is 5.91 Å². The van der Waals surface area contributed by atoms with E-state index in [0.717, 1.165) is 0 Å². The molecule has 1 aromatic heterocycles. The quantitative estimate of drug-likeness (QED) is 0.494. The minimum Gasteiger partial charge on any atom is -0.465 e. The van der Waals surface area contributed by atoms with Gasteiger partial charge in [0.05, 0.1) is 18.9 Å². The zero-order valence-electron chi connectivity index (χ0n) is 12.6. The van der Waals surface area contributed by atoms with E-state index in [-0.39, 0.29) is 6.61 Å². The second-order valence-corrected chi connectivity index (χ2v) is 4.49. The smallest absolute Gasteiger partial charge is 0.337 e. The lowest BCUT2D eigenvalue weighted by Crippen LogP contribution is -2.17. The van der Waals surface area contributed by atoms with E-state index in [4.69, 9.17) is 9.36 Å². The molecule has 0 fully saturated rings. The van der Waals surface area contributed by atoms with Crippen molar-refractivity contribution in [3.8, 4) is 0 Å². The van der Waals surface area contributed by atoms with Gasteiger partial charge in [-0.3, -0.25) is 4.79 Å². The topological polar surface area (TPSA) is 103 Å². The van der Waals surface area contributed by atoms with Gasteiger partial charge in [0, 0.05) is 6.07 Å². The summed E-state index contributed by atoms with van der Waals surface area (Å²) in [5.74, 6) is 0.0918. The highest BCUT2D eigenvalue weighted by Crippen LogP contribution is 2.06. The number of oxime groups is 1. The van der Waals surface area contributed by atoms with Crippen molar-refractivity contribution in [2.75, 3.05) is 19.0 Å². The van der Waals surface area contributed by atoms with Crippen LogP contribution in [0.1, 0.15) is 21.7 Å². The predicted octanol–water partition coefficient (Wildman–Crippen LogP) is 1.76. The number of hydrogen-bond acceptors (Lipinski definition) is 7. The Hall–Kier alpha value is -3.16. The number of ether oxygens (including phenoxy) is 1. The molecular formula is C15H15N3O5. The summed E-state index contributed by atoms with van der Waals surface area (Å²) >= 11 is 0. The van der Waals surface area contributed by atoms with Crippen molar-refractivity contribution in [3.05, 3.63) is 47.2 Å². The van der Waals surface area contributed by atoms with E-state index < -0.39 is 11.9 Å². The minimum absolute atomic E-state index is 0.261. The van der Waals surface area contributed by atoms with E-state index in [0.29, 0.717) is 22.7 Å². The van der Waals surface area contributed by atoms with Gasteiger partial charge in [0.1, 0.15) is 5.76 Å². The Bertz CT molecular complexity index is 706. The molecule has 120 valence electrons. The van der Waals surface area contributed by atoms with Gasteiger partial charge in [0.2, 0.25) is 0 Å². The summed E-state index contributed by atoms with van der Waals surface area (Å²) in [5.41, 5.74) is 1.15. The fraction of sp³-hybridized carbons (Fsp3) is 0.200. The third kappa shape index (κ3) is 4.95. The molecule has 0 radical (unpaired) electrons. The summed E-state index contributed by atoms with van der Waals surface area (Å²) in [5, 5.41) is 9.79. The average molecular weight is 317 g/mol. The molecule has 1 aromatic carbocycles. The molecule has 0 aliphatic carbocycles. The second kappa shape index (κ2) is 7.74. The first-order valence-electron chi connectivity index (χ1n) is 6.65. The van der Waals surface area contributed by atoms with E-state index in [1.807, 2.05) is 0 Å². The average Bonchev–Trinajstić information content (AvgIpc) is 2.96. The van der Waals surface area contributed by atoms with Crippen LogP contribution in [-0.2, 0) is 14.4 Å².